The Balaban J connectivity index is 1.49. The lowest BCUT2D eigenvalue weighted by atomic mass is 9.35. The van der Waals surface area contributed by atoms with Crippen molar-refractivity contribution in [3.63, 3.8) is 0 Å². The van der Waals surface area contributed by atoms with Gasteiger partial charge in [0.05, 0.1) is 17.7 Å². The van der Waals surface area contributed by atoms with Crippen molar-refractivity contribution in [2.24, 2.45) is 50.7 Å². The number of ketones is 2. The Hall–Kier alpha value is -2.74. The van der Waals surface area contributed by atoms with Gasteiger partial charge >= 0.3 is 5.97 Å². The topological polar surface area (TPSA) is 84.2 Å². The Labute approximate surface area is 258 Å². The van der Waals surface area contributed by atoms with Crippen molar-refractivity contribution < 1.29 is 19.1 Å². The molecule has 4 aliphatic carbocycles. The highest BCUT2D eigenvalue weighted by atomic mass is 16.5. The summed E-state index contributed by atoms with van der Waals surface area (Å²) in [5.41, 5.74) is -0.461. The summed E-state index contributed by atoms with van der Waals surface area (Å²) in [5.74, 6) is 0.397. The fourth-order valence-electron chi connectivity index (χ4n) is 10.2. The first-order valence-corrected chi connectivity index (χ1v) is 16.5. The molecule has 0 spiro atoms. The molecule has 3 fully saturated rings. The van der Waals surface area contributed by atoms with Crippen LogP contribution in [0.2, 0.25) is 0 Å². The molecule has 1 aromatic rings. The van der Waals surface area contributed by atoms with E-state index in [-0.39, 0.29) is 57.2 Å². The monoisotopic (exact) mass is 585 g/mol. The highest BCUT2D eigenvalue weighted by molar-refractivity contribution is 6.04. The lowest BCUT2D eigenvalue weighted by Crippen LogP contribution is -2.65. The number of hydrogen-bond acceptors (Lipinski definition) is 5. The van der Waals surface area contributed by atoms with Gasteiger partial charge in [-0.15, -0.1) is 0 Å². The van der Waals surface area contributed by atoms with Crippen LogP contribution < -0.4 is 0 Å². The molecule has 0 radical (unpaired) electrons. The summed E-state index contributed by atoms with van der Waals surface area (Å²) < 4.78 is 5.89. The maximum absolute atomic E-state index is 14.3. The zero-order valence-electron chi connectivity index (χ0n) is 27.4. The molecule has 3 saturated carbocycles. The number of allylic oxidation sites excluding steroid dienone is 2. The number of Topliss-reactive ketones (excluding diaryl/α,β-unsaturated/α-hetero) is 2. The molecule has 43 heavy (non-hydrogen) atoms. The molecule has 0 N–H and O–H groups in total. The number of fused-ring (bicyclic) bond motifs is 5. The number of nitrogens with zero attached hydrogens (tertiary/aromatic N) is 1. The molecule has 0 bridgehead atoms. The SMILES string of the molecule is CC1(C)CCC2C(=O)C[C@@H]3[C@@]4(C)C=C(C#N)C(=O)C(C)(C)[C@@H]4CC[C@@]3(C)[C@]2(C)CC[C@@H](COC(=O)c2ccccc2)CC1. The van der Waals surface area contributed by atoms with Gasteiger partial charge in [0, 0.05) is 17.8 Å². The van der Waals surface area contributed by atoms with E-state index in [1.807, 2.05) is 38.1 Å². The smallest absolute Gasteiger partial charge is 0.338 e. The third-order valence-corrected chi connectivity index (χ3v) is 13.2. The summed E-state index contributed by atoms with van der Waals surface area (Å²) in [6, 6.07) is 11.4. The van der Waals surface area contributed by atoms with Crippen molar-refractivity contribution in [1.82, 2.24) is 0 Å². The van der Waals surface area contributed by atoms with E-state index >= 15 is 0 Å². The van der Waals surface area contributed by atoms with Crippen molar-refractivity contribution >= 4 is 17.5 Å². The average molecular weight is 586 g/mol. The first-order valence-electron chi connectivity index (χ1n) is 16.5. The summed E-state index contributed by atoms with van der Waals surface area (Å²) in [6.45, 7) is 16.1. The minimum absolute atomic E-state index is 0.0172. The van der Waals surface area contributed by atoms with E-state index in [1.165, 1.54) is 0 Å². The van der Waals surface area contributed by atoms with Gasteiger partial charge in [-0.1, -0.05) is 72.7 Å². The third kappa shape index (κ3) is 5.21. The van der Waals surface area contributed by atoms with E-state index in [4.69, 9.17) is 4.74 Å². The maximum atomic E-state index is 14.3. The molecule has 0 heterocycles. The molecule has 232 valence electrons. The lowest BCUT2D eigenvalue weighted by Gasteiger charge is -2.68. The van der Waals surface area contributed by atoms with Gasteiger partial charge in [-0.3, -0.25) is 9.59 Å². The first-order chi connectivity index (χ1) is 20.1. The Morgan fingerprint density at radius 1 is 0.860 bits per heavy atom. The van der Waals surface area contributed by atoms with Gasteiger partial charge < -0.3 is 4.74 Å². The van der Waals surface area contributed by atoms with Crippen LogP contribution in [0.4, 0.5) is 0 Å². The minimum atomic E-state index is -0.634. The van der Waals surface area contributed by atoms with E-state index in [0.717, 1.165) is 51.4 Å². The quantitative estimate of drug-likeness (QED) is 0.332. The van der Waals surface area contributed by atoms with E-state index in [1.54, 1.807) is 12.1 Å². The van der Waals surface area contributed by atoms with Gasteiger partial charge in [0.1, 0.15) is 11.9 Å². The number of benzene rings is 1. The highest BCUT2D eigenvalue weighted by Crippen LogP contribution is 2.72. The van der Waals surface area contributed by atoms with Gasteiger partial charge in [0.25, 0.3) is 0 Å². The summed E-state index contributed by atoms with van der Waals surface area (Å²) >= 11 is 0. The van der Waals surface area contributed by atoms with Gasteiger partial charge in [0.15, 0.2) is 5.78 Å². The molecule has 0 aliphatic heterocycles. The Morgan fingerprint density at radius 2 is 1.49 bits per heavy atom. The summed E-state index contributed by atoms with van der Waals surface area (Å²) in [5, 5.41) is 9.97. The van der Waals surface area contributed by atoms with Crippen LogP contribution in [-0.4, -0.2) is 24.1 Å². The van der Waals surface area contributed by atoms with E-state index in [0.29, 0.717) is 24.4 Å². The van der Waals surface area contributed by atoms with Crippen molar-refractivity contribution in [2.75, 3.05) is 6.61 Å². The van der Waals surface area contributed by atoms with Crippen LogP contribution in [0.5, 0.6) is 0 Å². The fraction of sp³-hybridized carbons (Fsp3) is 0.684. The third-order valence-electron chi connectivity index (χ3n) is 13.2. The van der Waals surface area contributed by atoms with Crippen molar-refractivity contribution in [3.8, 4) is 6.07 Å². The van der Waals surface area contributed by atoms with E-state index < -0.39 is 10.8 Å². The lowest BCUT2D eigenvalue weighted by molar-refractivity contribution is -0.191. The molecular weight excluding hydrogens is 534 g/mol. The summed E-state index contributed by atoms with van der Waals surface area (Å²) in [4.78, 5) is 40.5. The van der Waals surface area contributed by atoms with Crippen LogP contribution in [0.25, 0.3) is 0 Å². The molecule has 5 rings (SSSR count). The summed E-state index contributed by atoms with van der Waals surface area (Å²) in [7, 11) is 0. The maximum Gasteiger partial charge on any atom is 0.338 e. The molecule has 0 aromatic heterocycles. The largest absolute Gasteiger partial charge is 0.462 e. The van der Waals surface area contributed by atoms with Crippen LogP contribution in [0.1, 0.15) is 117 Å². The number of esters is 1. The number of ether oxygens (including phenoxy) is 1. The molecule has 0 amide bonds. The molecule has 7 atom stereocenters. The van der Waals surface area contributed by atoms with Gasteiger partial charge in [-0.05, 0) is 103 Å². The zero-order chi connectivity index (χ0) is 31.4. The molecule has 0 saturated heterocycles. The van der Waals surface area contributed by atoms with Crippen LogP contribution in [0.15, 0.2) is 42.0 Å². The normalized spacial score (nSPS) is 38.8. The minimum Gasteiger partial charge on any atom is -0.462 e. The van der Waals surface area contributed by atoms with Gasteiger partial charge in [0.2, 0.25) is 0 Å². The van der Waals surface area contributed by atoms with Gasteiger partial charge in [-0.2, -0.15) is 5.26 Å². The number of carbonyl (C=O) groups excluding carboxylic acids is 3. The van der Waals surface area contributed by atoms with Gasteiger partial charge in [-0.25, -0.2) is 4.79 Å². The molecule has 5 nitrogen and oxygen atoms in total. The van der Waals surface area contributed by atoms with Crippen molar-refractivity contribution in [1.29, 1.82) is 5.26 Å². The molecule has 4 aliphatic rings. The predicted octanol–water partition coefficient (Wildman–Crippen LogP) is 8.53. The van der Waals surface area contributed by atoms with Crippen molar-refractivity contribution in [2.45, 2.75) is 106 Å². The second kappa shape index (κ2) is 11.0. The Kier molecular flexibility index (Phi) is 8.11. The second-order valence-corrected chi connectivity index (χ2v) is 16.4. The van der Waals surface area contributed by atoms with Crippen LogP contribution >= 0.6 is 0 Å². The molecule has 5 heteroatoms. The van der Waals surface area contributed by atoms with Crippen LogP contribution in [-0.2, 0) is 14.3 Å². The summed E-state index contributed by atoms with van der Waals surface area (Å²) in [6.07, 6.45) is 10.1. The highest BCUT2D eigenvalue weighted by Gasteiger charge is 2.68. The number of hydrogen-bond donors (Lipinski definition) is 0. The van der Waals surface area contributed by atoms with Crippen LogP contribution in [0, 0.1) is 62.1 Å². The Morgan fingerprint density at radius 3 is 2.16 bits per heavy atom. The van der Waals surface area contributed by atoms with Crippen molar-refractivity contribution in [3.05, 3.63) is 47.5 Å². The first kappa shape index (κ1) is 31.7. The van der Waals surface area contributed by atoms with E-state index in [9.17, 15) is 19.6 Å². The number of nitriles is 1. The predicted molar refractivity (Wildman–Crippen MR) is 168 cm³/mol. The van der Waals surface area contributed by atoms with Crippen LogP contribution in [0.3, 0.4) is 0 Å². The molecule has 1 unspecified atom stereocenters. The number of rotatable bonds is 3. The number of carbonyl (C=O) groups is 3. The zero-order valence-corrected chi connectivity index (χ0v) is 27.4. The molecule has 1 aromatic carbocycles. The average Bonchev–Trinajstić information content (AvgIpc) is 2.96. The standard InChI is InChI=1S/C38H51NO4/c1-34(2)17-13-25(24-43-33(42)26-11-9-8-10-12-26)14-19-37(6)28(15-18-34)29(40)21-31-36(5)22-27(23-39)32(41)35(3,4)30(36)16-20-38(31,37)7/h8-12,22,25,28,30-31H,13-21,24H2,1-7H3/t25-,28?,30-,31+,36-,37+,38+/m0/s1. The Bertz CT molecular complexity index is 1350. The van der Waals surface area contributed by atoms with E-state index in [2.05, 4.69) is 40.7 Å². The second-order valence-electron chi connectivity index (χ2n) is 16.4. The molecular formula is C38H51NO4. The fourth-order valence-corrected chi connectivity index (χ4v) is 10.2.